The Labute approximate surface area is 129 Å². The van der Waals surface area contributed by atoms with Crippen molar-refractivity contribution < 1.29 is 28.9 Å². The fraction of sp³-hybridized carbons (Fsp3) is 0.750. The molecular weight excluding hydrogens is 288 g/mol. The predicted octanol–water partition coefficient (Wildman–Crippen LogP) is 1.25. The molecule has 1 aliphatic carbocycles. The van der Waals surface area contributed by atoms with Crippen LogP contribution in [0.3, 0.4) is 0 Å². The van der Waals surface area contributed by atoms with Crippen LogP contribution < -0.4 is 0 Å². The largest absolute Gasteiger partial charge is 0.450 e. The highest BCUT2D eigenvalue weighted by Gasteiger charge is 2.47. The first-order valence-electron chi connectivity index (χ1n) is 7.98. The number of carbonyl (C=O) groups excluding carboxylic acids is 2. The molecule has 1 spiro atoms. The number of rotatable bonds is 1. The SMILES string of the molecule is O=C1O[C@H]([C@@H]2COC3(CCCCC3)O2)C(=O)C/C=C\C[C@H]1O. The topological polar surface area (TPSA) is 82.1 Å². The number of allylic oxidation sites excluding steroid dienone is 1. The average Bonchev–Trinajstić information content (AvgIpc) is 2.93. The first kappa shape index (κ1) is 15.6. The number of aliphatic hydroxyl groups excluding tert-OH is 1. The summed E-state index contributed by atoms with van der Waals surface area (Å²) in [7, 11) is 0. The third kappa shape index (κ3) is 3.24. The minimum Gasteiger partial charge on any atom is -0.450 e. The quantitative estimate of drug-likeness (QED) is 0.580. The highest BCUT2D eigenvalue weighted by molar-refractivity contribution is 5.88. The fourth-order valence-corrected chi connectivity index (χ4v) is 3.27. The van der Waals surface area contributed by atoms with E-state index < -0.39 is 30.1 Å². The molecule has 3 aliphatic rings. The van der Waals surface area contributed by atoms with E-state index in [1.807, 2.05) is 0 Å². The number of ketones is 1. The van der Waals surface area contributed by atoms with Gasteiger partial charge < -0.3 is 19.3 Å². The maximum Gasteiger partial charge on any atom is 0.336 e. The van der Waals surface area contributed by atoms with Crippen LogP contribution >= 0.6 is 0 Å². The van der Waals surface area contributed by atoms with E-state index in [9.17, 15) is 14.7 Å². The van der Waals surface area contributed by atoms with Crippen molar-refractivity contribution in [2.24, 2.45) is 0 Å². The van der Waals surface area contributed by atoms with Crippen LogP contribution in [0.2, 0.25) is 0 Å². The molecule has 6 heteroatoms. The fourth-order valence-electron chi connectivity index (χ4n) is 3.27. The van der Waals surface area contributed by atoms with E-state index in [4.69, 9.17) is 14.2 Å². The number of hydrogen-bond donors (Lipinski definition) is 1. The van der Waals surface area contributed by atoms with E-state index in [1.54, 1.807) is 12.2 Å². The van der Waals surface area contributed by atoms with Gasteiger partial charge in [-0.2, -0.15) is 0 Å². The molecule has 0 radical (unpaired) electrons. The third-order valence-electron chi connectivity index (χ3n) is 4.51. The number of hydrogen-bond acceptors (Lipinski definition) is 6. The van der Waals surface area contributed by atoms with Crippen LogP contribution in [-0.4, -0.2) is 47.6 Å². The van der Waals surface area contributed by atoms with Gasteiger partial charge in [-0.15, -0.1) is 0 Å². The lowest BCUT2D eigenvalue weighted by molar-refractivity contribution is -0.202. The van der Waals surface area contributed by atoms with Crippen LogP contribution in [-0.2, 0) is 23.8 Å². The second-order valence-corrected chi connectivity index (χ2v) is 6.19. The van der Waals surface area contributed by atoms with E-state index in [-0.39, 0.29) is 25.2 Å². The molecule has 0 aromatic rings. The molecule has 1 N–H and O–H groups in total. The molecule has 122 valence electrons. The maximum atomic E-state index is 12.3. The molecule has 1 saturated carbocycles. The predicted molar refractivity (Wildman–Crippen MR) is 75.9 cm³/mol. The lowest BCUT2D eigenvalue weighted by Crippen LogP contribution is -2.43. The molecule has 0 unspecified atom stereocenters. The normalized spacial score (nSPS) is 37.2. The van der Waals surface area contributed by atoms with Crippen molar-refractivity contribution in [3.8, 4) is 0 Å². The number of aliphatic hydroxyl groups is 1. The van der Waals surface area contributed by atoms with Crippen LogP contribution in [0.15, 0.2) is 12.2 Å². The standard InChI is InChI=1S/C16H22O6/c17-11-6-2-3-7-12(18)15(19)21-14(11)13-10-20-16(22-13)8-4-1-5-9-16/h2-3,12-14,18H,1,4-10H2/b3-2-/t12-,13+,14+/m1/s1. The number of carbonyl (C=O) groups is 2. The number of esters is 1. The van der Waals surface area contributed by atoms with Crippen LogP contribution in [0, 0.1) is 0 Å². The van der Waals surface area contributed by atoms with Crippen molar-refractivity contribution in [2.75, 3.05) is 6.61 Å². The van der Waals surface area contributed by atoms with Crippen LogP contribution in [0.4, 0.5) is 0 Å². The molecule has 0 bridgehead atoms. The van der Waals surface area contributed by atoms with E-state index in [0.29, 0.717) is 0 Å². The van der Waals surface area contributed by atoms with Crippen molar-refractivity contribution in [3.63, 3.8) is 0 Å². The first-order chi connectivity index (χ1) is 10.6. The van der Waals surface area contributed by atoms with Gasteiger partial charge in [0.1, 0.15) is 6.10 Å². The molecule has 1 saturated heterocycles. The molecule has 2 fully saturated rings. The highest BCUT2D eigenvalue weighted by atomic mass is 16.8. The Morgan fingerprint density at radius 2 is 1.91 bits per heavy atom. The van der Waals surface area contributed by atoms with Crippen molar-refractivity contribution in [1.82, 2.24) is 0 Å². The molecule has 3 rings (SSSR count). The Hall–Kier alpha value is -1.24. The van der Waals surface area contributed by atoms with Gasteiger partial charge in [-0.1, -0.05) is 18.6 Å². The molecule has 22 heavy (non-hydrogen) atoms. The lowest BCUT2D eigenvalue weighted by atomic mass is 9.94. The van der Waals surface area contributed by atoms with Crippen molar-refractivity contribution in [3.05, 3.63) is 12.2 Å². The zero-order valence-electron chi connectivity index (χ0n) is 12.5. The Morgan fingerprint density at radius 3 is 2.68 bits per heavy atom. The second kappa shape index (κ2) is 6.48. The average molecular weight is 310 g/mol. The molecule has 2 heterocycles. The van der Waals surface area contributed by atoms with E-state index in [1.165, 1.54) is 0 Å². The Kier molecular flexibility index (Phi) is 4.61. The number of cyclic esters (lactones) is 1. The van der Waals surface area contributed by atoms with Crippen LogP contribution in [0.25, 0.3) is 0 Å². The molecule has 6 nitrogen and oxygen atoms in total. The lowest BCUT2D eigenvalue weighted by Gasteiger charge is -2.32. The van der Waals surface area contributed by atoms with Crippen molar-refractivity contribution in [2.45, 2.75) is 69.0 Å². The molecule has 3 atom stereocenters. The summed E-state index contributed by atoms with van der Waals surface area (Å²) in [5, 5.41) is 9.69. The zero-order chi connectivity index (χ0) is 15.6. The Bertz CT molecular complexity index is 465. The smallest absolute Gasteiger partial charge is 0.336 e. The number of Topliss-reactive ketones (excluding diaryl/α,β-unsaturated/α-hetero) is 1. The Morgan fingerprint density at radius 1 is 1.14 bits per heavy atom. The van der Waals surface area contributed by atoms with Crippen LogP contribution in [0.5, 0.6) is 0 Å². The minimum atomic E-state index is -1.24. The minimum absolute atomic E-state index is 0.158. The second-order valence-electron chi connectivity index (χ2n) is 6.19. The van der Waals surface area contributed by atoms with Gasteiger partial charge in [-0.3, -0.25) is 4.79 Å². The summed E-state index contributed by atoms with van der Waals surface area (Å²) in [5.41, 5.74) is 0. The van der Waals surface area contributed by atoms with Gasteiger partial charge in [0.25, 0.3) is 0 Å². The van der Waals surface area contributed by atoms with Crippen molar-refractivity contribution >= 4 is 11.8 Å². The number of ether oxygens (including phenoxy) is 3. The molecular formula is C16H22O6. The summed E-state index contributed by atoms with van der Waals surface area (Å²) in [6, 6.07) is 0. The zero-order valence-corrected chi connectivity index (χ0v) is 12.5. The van der Waals surface area contributed by atoms with Gasteiger partial charge >= 0.3 is 5.97 Å². The maximum absolute atomic E-state index is 12.3. The Balaban J connectivity index is 1.72. The van der Waals surface area contributed by atoms with Gasteiger partial charge in [0.05, 0.1) is 6.61 Å². The van der Waals surface area contributed by atoms with Gasteiger partial charge in [0.15, 0.2) is 23.8 Å². The molecule has 0 aromatic heterocycles. The first-order valence-corrected chi connectivity index (χ1v) is 7.98. The van der Waals surface area contributed by atoms with Gasteiger partial charge in [-0.05, 0) is 12.8 Å². The monoisotopic (exact) mass is 310 g/mol. The van der Waals surface area contributed by atoms with E-state index >= 15 is 0 Å². The van der Waals surface area contributed by atoms with Gasteiger partial charge in [-0.25, -0.2) is 4.79 Å². The molecule has 0 aromatic carbocycles. The summed E-state index contributed by atoms with van der Waals surface area (Å²) < 4.78 is 17.0. The van der Waals surface area contributed by atoms with Crippen molar-refractivity contribution in [1.29, 1.82) is 0 Å². The summed E-state index contributed by atoms with van der Waals surface area (Å²) >= 11 is 0. The molecule has 2 aliphatic heterocycles. The van der Waals surface area contributed by atoms with E-state index in [0.717, 1.165) is 32.1 Å². The summed E-state index contributed by atoms with van der Waals surface area (Å²) in [6.45, 7) is 0.240. The van der Waals surface area contributed by atoms with Gasteiger partial charge in [0, 0.05) is 25.7 Å². The summed E-state index contributed by atoms with van der Waals surface area (Å²) in [6.07, 6.45) is 5.61. The van der Waals surface area contributed by atoms with Gasteiger partial charge in [0.2, 0.25) is 0 Å². The summed E-state index contributed by atoms with van der Waals surface area (Å²) in [4.78, 5) is 24.1. The highest BCUT2D eigenvalue weighted by Crippen LogP contribution is 2.39. The summed E-state index contributed by atoms with van der Waals surface area (Å²) in [5.74, 6) is -1.62. The third-order valence-corrected chi connectivity index (χ3v) is 4.51. The van der Waals surface area contributed by atoms with E-state index in [2.05, 4.69) is 0 Å². The molecule has 0 amide bonds. The van der Waals surface area contributed by atoms with Crippen LogP contribution in [0.1, 0.15) is 44.9 Å².